The summed E-state index contributed by atoms with van der Waals surface area (Å²) in [7, 11) is 3.58. The molecule has 214 valence electrons. The van der Waals surface area contributed by atoms with Crippen LogP contribution in [0.3, 0.4) is 0 Å². The van der Waals surface area contributed by atoms with E-state index in [0.29, 0.717) is 39.5 Å². The van der Waals surface area contributed by atoms with Crippen molar-refractivity contribution in [3.8, 4) is 11.3 Å². The lowest BCUT2D eigenvalue weighted by Gasteiger charge is -2.35. The predicted molar refractivity (Wildman–Crippen MR) is 166 cm³/mol. The summed E-state index contributed by atoms with van der Waals surface area (Å²) in [5.41, 5.74) is 6.19. The van der Waals surface area contributed by atoms with E-state index in [1.807, 2.05) is 31.3 Å². The largest absolute Gasteiger partial charge is 0.371 e. The summed E-state index contributed by atoms with van der Waals surface area (Å²) in [6.07, 6.45) is 3.71. The van der Waals surface area contributed by atoms with E-state index in [-0.39, 0.29) is 18.3 Å². The maximum atomic E-state index is 15.8. The number of halogens is 2. The van der Waals surface area contributed by atoms with E-state index in [1.165, 1.54) is 6.07 Å². The molecule has 2 aliphatic heterocycles. The fraction of sp³-hybridized carbons (Fsp3) is 0.250. The Morgan fingerprint density at radius 2 is 1.81 bits per heavy atom. The molecule has 1 amide bonds. The molecule has 1 aromatic heterocycles. The Balaban J connectivity index is 1.38. The summed E-state index contributed by atoms with van der Waals surface area (Å²) in [5, 5.41) is 9.73. The van der Waals surface area contributed by atoms with Crippen LogP contribution >= 0.6 is 11.6 Å². The van der Waals surface area contributed by atoms with Gasteiger partial charge in [0.05, 0.1) is 23.5 Å². The van der Waals surface area contributed by atoms with Gasteiger partial charge >= 0.3 is 0 Å². The van der Waals surface area contributed by atoms with Crippen molar-refractivity contribution >= 4 is 40.5 Å². The summed E-state index contributed by atoms with van der Waals surface area (Å²) < 4.78 is 15.8. The van der Waals surface area contributed by atoms with Crippen molar-refractivity contribution in [3.05, 3.63) is 100.0 Å². The normalized spacial score (nSPS) is 14.9. The van der Waals surface area contributed by atoms with Gasteiger partial charge in [0, 0.05) is 71.0 Å². The number of amides is 1. The number of carbonyl (C=O) groups is 1. The molecule has 0 bridgehead atoms. The van der Waals surface area contributed by atoms with Crippen LogP contribution in [0.25, 0.3) is 11.3 Å². The van der Waals surface area contributed by atoms with E-state index in [0.717, 1.165) is 54.0 Å². The minimum absolute atomic E-state index is 0.158. The van der Waals surface area contributed by atoms with Crippen LogP contribution in [-0.4, -0.2) is 54.8 Å². The monoisotopic (exact) mass is 583 g/mol. The van der Waals surface area contributed by atoms with E-state index < -0.39 is 0 Å². The molecule has 3 N–H and O–H groups in total. The Morgan fingerprint density at radius 1 is 1.02 bits per heavy atom. The van der Waals surface area contributed by atoms with Gasteiger partial charge in [-0.15, -0.1) is 0 Å². The lowest BCUT2D eigenvalue weighted by atomic mass is 9.93. The molecule has 0 atom stereocenters. The molecule has 0 radical (unpaired) electrons. The summed E-state index contributed by atoms with van der Waals surface area (Å²) in [6.45, 7) is 1.93. The highest BCUT2D eigenvalue weighted by Gasteiger charge is 2.28. The van der Waals surface area contributed by atoms with Gasteiger partial charge in [-0.25, -0.2) is 14.4 Å². The summed E-state index contributed by atoms with van der Waals surface area (Å²) in [5.74, 6) is -0.0911. The van der Waals surface area contributed by atoms with Crippen molar-refractivity contribution in [1.29, 1.82) is 0 Å². The zero-order chi connectivity index (χ0) is 29.2. The first-order valence-electron chi connectivity index (χ1n) is 14.0. The lowest BCUT2D eigenvalue weighted by Crippen LogP contribution is -2.41. The Bertz CT molecular complexity index is 1670. The van der Waals surface area contributed by atoms with Crippen molar-refractivity contribution in [1.82, 2.24) is 20.6 Å². The molecule has 2 aliphatic rings. The van der Waals surface area contributed by atoms with E-state index in [4.69, 9.17) is 21.6 Å². The first-order chi connectivity index (χ1) is 20.4. The minimum Gasteiger partial charge on any atom is -0.371 e. The Labute approximate surface area is 249 Å². The smallest absolute Gasteiger partial charge is 0.251 e. The number of hydrogen-bond acceptors (Lipinski definition) is 7. The van der Waals surface area contributed by atoms with Crippen LogP contribution in [0.5, 0.6) is 0 Å². The molecule has 0 spiro atoms. The standard InChI is InChI=1S/C32H31ClFN7O/c1-35-22-12-14-41(15-13-22)27-5-3-4-26(34)28(27)30-25-16-21(33)8-11-24(25)29-20(17-37-30)18-38-32(40-29)39-23-9-6-19(7-10-23)31(42)36-2/h3-11,16,18,22,35H,12-15,17H2,1-2H3,(H,36,42)(H,38,39,40). The Hall–Kier alpha value is -4.34. The van der Waals surface area contributed by atoms with Crippen LogP contribution in [-0.2, 0) is 6.54 Å². The highest BCUT2D eigenvalue weighted by atomic mass is 35.5. The second kappa shape index (κ2) is 11.9. The van der Waals surface area contributed by atoms with Gasteiger partial charge in [-0.3, -0.25) is 9.79 Å². The third kappa shape index (κ3) is 5.45. The maximum Gasteiger partial charge on any atom is 0.251 e. The number of anilines is 3. The van der Waals surface area contributed by atoms with Crippen LogP contribution in [0.4, 0.5) is 21.7 Å². The summed E-state index contributed by atoms with van der Waals surface area (Å²) in [6, 6.07) is 18.3. The molecule has 0 saturated carbocycles. The van der Waals surface area contributed by atoms with Gasteiger partial charge in [-0.1, -0.05) is 23.7 Å². The first kappa shape index (κ1) is 27.8. The molecule has 4 aromatic rings. The van der Waals surface area contributed by atoms with Crippen molar-refractivity contribution < 1.29 is 9.18 Å². The summed E-state index contributed by atoms with van der Waals surface area (Å²) >= 11 is 6.51. The SMILES string of the molecule is CNC(=O)c1ccc(Nc2ncc3c(n2)-c2ccc(Cl)cc2C(c2c(F)cccc2N2CCC(NC)CC2)=NC3)cc1. The van der Waals surface area contributed by atoms with Crippen molar-refractivity contribution in [2.45, 2.75) is 25.4 Å². The highest BCUT2D eigenvalue weighted by Crippen LogP contribution is 2.37. The number of hydrogen-bond donors (Lipinski definition) is 3. The lowest BCUT2D eigenvalue weighted by molar-refractivity contribution is 0.0963. The number of aromatic nitrogens is 2. The van der Waals surface area contributed by atoms with E-state index in [2.05, 4.69) is 25.8 Å². The van der Waals surface area contributed by atoms with Crippen molar-refractivity contribution in [3.63, 3.8) is 0 Å². The number of nitrogens with zero attached hydrogens (tertiary/aromatic N) is 4. The van der Waals surface area contributed by atoms with Gasteiger partial charge in [-0.2, -0.15) is 0 Å². The first-order valence-corrected chi connectivity index (χ1v) is 14.3. The zero-order valence-electron chi connectivity index (χ0n) is 23.4. The van der Waals surface area contributed by atoms with Crippen molar-refractivity contribution in [2.75, 3.05) is 37.4 Å². The van der Waals surface area contributed by atoms with E-state index in [9.17, 15) is 4.79 Å². The number of fused-ring (bicyclic) bond motifs is 3. The summed E-state index contributed by atoms with van der Waals surface area (Å²) in [4.78, 5) is 28.5. The molecule has 42 heavy (non-hydrogen) atoms. The molecule has 0 aliphatic carbocycles. The van der Waals surface area contributed by atoms with Gasteiger partial charge in [0.2, 0.25) is 5.95 Å². The van der Waals surface area contributed by atoms with Gasteiger partial charge in [0.15, 0.2) is 0 Å². The third-order valence-corrected chi connectivity index (χ3v) is 8.10. The highest BCUT2D eigenvalue weighted by molar-refractivity contribution is 6.32. The number of rotatable bonds is 6. The second-order valence-corrected chi connectivity index (χ2v) is 10.8. The fourth-order valence-corrected chi connectivity index (χ4v) is 5.77. The number of nitrogens with one attached hydrogen (secondary N) is 3. The van der Waals surface area contributed by atoms with Gasteiger partial charge in [0.1, 0.15) is 5.82 Å². The van der Waals surface area contributed by atoms with Gasteiger partial charge < -0.3 is 20.9 Å². The molecule has 10 heteroatoms. The van der Waals surface area contributed by atoms with Crippen LogP contribution in [0.15, 0.2) is 71.9 Å². The van der Waals surface area contributed by atoms with Crippen molar-refractivity contribution in [2.24, 2.45) is 4.99 Å². The van der Waals surface area contributed by atoms with Crippen LogP contribution in [0, 0.1) is 5.82 Å². The number of aliphatic imine (C=N–C) groups is 1. The number of benzene rings is 3. The van der Waals surface area contributed by atoms with Crippen LogP contribution in [0.1, 0.15) is 39.9 Å². The molecule has 3 aromatic carbocycles. The number of carbonyl (C=O) groups excluding carboxylic acids is 1. The third-order valence-electron chi connectivity index (χ3n) is 7.87. The van der Waals surface area contributed by atoms with E-state index in [1.54, 1.807) is 43.6 Å². The fourth-order valence-electron chi connectivity index (χ4n) is 5.60. The Kier molecular flexibility index (Phi) is 7.86. The Morgan fingerprint density at radius 3 is 2.55 bits per heavy atom. The topological polar surface area (TPSA) is 94.5 Å². The maximum absolute atomic E-state index is 15.8. The molecular weight excluding hydrogens is 553 g/mol. The molecule has 8 nitrogen and oxygen atoms in total. The van der Waals surface area contributed by atoms with E-state index >= 15 is 4.39 Å². The molecule has 3 heterocycles. The molecular formula is C32H31ClFN7O. The van der Waals surface area contributed by atoms with Gasteiger partial charge in [-0.05, 0) is 68.4 Å². The van der Waals surface area contributed by atoms with Crippen LogP contribution in [0.2, 0.25) is 5.02 Å². The van der Waals surface area contributed by atoms with Gasteiger partial charge in [0.25, 0.3) is 5.91 Å². The quantitative estimate of drug-likeness (QED) is 0.274. The molecule has 0 unspecified atom stereocenters. The molecule has 1 saturated heterocycles. The second-order valence-electron chi connectivity index (χ2n) is 10.4. The molecule has 1 fully saturated rings. The average Bonchev–Trinajstić information content (AvgIpc) is 3.17. The molecule has 6 rings (SSSR count). The predicted octanol–water partition coefficient (Wildman–Crippen LogP) is 5.58. The zero-order valence-corrected chi connectivity index (χ0v) is 24.2. The number of piperidine rings is 1. The average molecular weight is 584 g/mol. The minimum atomic E-state index is -0.326. The van der Waals surface area contributed by atoms with Crippen LogP contribution < -0.4 is 20.9 Å².